The largest absolute Gasteiger partial charge is 0.465 e. The highest BCUT2D eigenvalue weighted by Crippen LogP contribution is 2.10. The molecule has 1 aromatic rings. The van der Waals surface area contributed by atoms with Crippen molar-refractivity contribution in [1.82, 2.24) is 0 Å². The van der Waals surface area contributed by atoms with Crippen LogP contribution in [0.2, 0.25) is 0 Å². The number of ether oxygens (including phenoxy) is 2. The van der Waals surface area contributed by atoms with Gasteiger partial charge in [0.1, 0.15) is 5.75 Å². The first-order valence-electron chi connectivity index (χ1n) is 4.72. The highest BCUT2D eigenvalue weighted by Gasteiger charge is 2.01. The summed E-state index contributed by atoms with van der Waals surface area (Å²) in [4.78, 5) is 0. The molecule has 0 saturated carbocycles. The summed E-state index contributed by atoms with van der Waals surface area (Å²) < 4.78 is 10.7. The van der Waals surface area contributed by atoms with Crippen molar-refractivity contribution in [2.45, 2.75) is 13.2 Å². The number of hydrogen-bond donors (Lipinski definition) is 0. The molecule has 0 radical (unpaired) electrons. The molecule has 84 valence electrons. The van der Waals surface area contributed by atoms with Crippen molar-refractivity contribution in [2.75, 3.05) is 12.5 Å². The molecule has 1 unspecified atom stereocenters. The maximum atomic E-state index is 5.47. The average molecular weight is 229 g/mol. The molecule has 0 saturated heterocycles. The van der Waals surface area contributed by atoms with Crippen LogP contribution in [0.5, 0.6) is 5.75 Å². The van der Waals surface area contributed by atoms with Crippen LogP contribution in [0.25, 0.3) is 0 Å². The second-order valence-electron chi connectivity index (χ2n) is 2.56. The lowest BCUT2D eigenvalue weighted by Crippen LogP contribution is -2.17. The van der Waals surface area contributed by atoms with Crippen molar-refractivity contribution in [2.24, 2.45) is 0 Å². The number of benzene rings is 1. The molecule has 0 aromatic heterocycles. The quantitative estimate of drug-likeness (QED) is 0.437. The Balaban J connectivity index is 0.000000921. The van der Waals surface area contributed by atoms with Crippen molar-refractivity contribution in [3.05, 3.63) is 43.5 Å². The Morgan fingerprint density at radius 3 is 2.40 bits per heavy atom. The Labute approximate surface area is 96.5 Å². The molecule has 15 heavy (non-hydrogen) atoms. The predicted molar refractivity (Wildman–Crippen MR) is 64.5 cm³/mol. The molecule has 0 N–H and O–H groups in total. The zero-order valence-corrected chi connectivity index (χ0v) is 9.74. The van der Waals surface area contributed by atoms with E-state index >= 15 is 0 Å². The second-order valence-corrected chi connectivity index (χ2v) is 2.94. The number of para-hydroxylation sites is 1. The predicted octanol–water partition coefficient (Wildman–Crippen LogP) is 3.47. The van der Waals surface area contributed by atoms with Crippen molar-refractivity contribution < 1.29 is 9.47 Å². The fraction of sp³-hybridized carbons (Fsp3) is 0.333. The van der Waals surface area contributed by atoms with E-state index in [2.05, 4.69) is 13.2 Å². The lowest BCUT2D eigenvalue weighted by atomic mass is 10.3. The molecule has 0 aliphatic carbocycles. The van der Waals surface area contributed by atoms with Gasteiger partial charge in [-0.2, -0.15) is 0 Å². The molecule has 1 aromatic carbocycles. The van der Waals surface area contributed by atoms with E-state index in [1.807, 2.05) is 37.3 Å². The molecule has 0 bridgehead atoms. The van der Waals surface area contributed by atoms with Gasteiger partial charge in [-0.05, 0) is 19.1 Å². The Morgan fingerprint density at radius 2 is 1.87 bits per heavy atom. The van der Waals surface area contributed by atoms with E-state index < -0.39 is 0 Å². The third kappa shape index (κ3) is 7.00. The molecule has 0 heterocycles. The summed E-state index contributed by atoms with van der Waals surface area (Å²) >= 11 is 5.47. The number of hydrogen-bond acceptors (Lipinski definition) is 2. The minimum Gasteiger partial charge on any atom is -0.465 e. The third-order valence-corrected chi connectivity index (χ3v) is 1.63. The van der Waals surface area contributed by atoms with Crippen LogP contribution in [-0.4, -0.2) is 18.8 Å². The van der Waals surface area contributed by atoms with Gasteiger partial charge in [-0.15, -0.1) is 24.8 Å². The van der Waals surface area contributed by atoms with E-state index in [0.717, 1.165) is 5.75 Å². The minimum atomic E-state index is -0.249. The number of alkyl halides is 1. The summed E-state index contributed by atoms with van der Waals surface area (Å²) in [6, 6.07) is 9.56. The minimum absolute atomic E-state index is 0.249. The van der Waals surface area contributed by atoms with Gasteiger partial charge in [-0.1, -0.05) is 18.2 Å². The van der Waals surface area contributed by atoms with Crippen molar-refractivity contribution >= 4 is 11.6 Å². The SMILES string of the molecule is C=C.CC(OCCCl)Oc1ccccc1. The molecule has 1 rings (SSSR count). The van der Waals surface area contributed by atoms with Crippen LogP contribution in [-0.2, 0) is 4.74 Å². The topological polar surface area (TPSA) is 18.5 Å². The normalized spacial score (nSPS) is 11.1. The Bertz CT molecular complexity index is 239. The van der Waals surface area contributed by atoms with Gasteiger partial charge in [0, 0.05) is 5.88 Å². The van der Waals surface area contributed by atoms with Crippen molar-refractivity contribution in [1.29, 1.82) is 0 Å². The fourth-order valence-corrected chi connectivity index (χ4v) is 1.02. The standard InChI is InChI=1S/C10H13ClO2.C2H4/c1-9(12-8-7-11)13-10-5-3-2-4-6-10;1-2/h2-6,9H,7-8H2,1H3;1-2H2. The summed E-state index contributed by atoms with van der Waals surface area (Å²) in [5, 5.41) is 0. The first-order chi connectivity index (χ1) is 7.33. The summed E-state index contributed by atoms with van der Waals surface area (Å²) in [5.74, 6) is 1.30. The molecule has 0 aliphatic heterocycles. The van der Waals surface area contributed by atoms with Crippen LogP contribution in [0.4, 0.5) is 0 Å². The van der Waals surface area contributed by atoms with E-state index in [9.17, 15) is 0 Å². The van der Waals surface area contributed by atoms with Crippen LogP contribution < -0.4 is 4.74 Å². The van der Waals surface area contributed by atoms with E-state index in [1.165, 1.54) is 0 Å². The van der Waals surface area contributed by atoms with Crippen molar-refractivity contribution in [3.8, 4) is 5.75 Å². The van der Waals surface area contributed by atoms with Crippen LogP contribution in [0.1, 0.15) is 6.92 Å². The smallest absolute Gasteiger partial charge is 0.197 e. The van der Waals surface area contributed by atoms with Gasteiger partial charge in [0.15, 0.2) is 6.29 Å². The van der Waals surface area contributed by atoms with Gasteiger partial charge in [-0.3, -0.25) is 0 Å². The maximum Gasteiger partial charge on any atom is 0.197 e. The van der Waals surface area contributed by atoms with Gasteiger partial charge in [0.25, 0.3) is 0 Å². The van der Waals surface area contributed by atoms with E-state index in [4.69, 9.17) is 21.1 Å². The van der Waals surface area contributed by atoms with Crippen LogP contribution in [0.3, 0.4) is 0 Å². The third-order valence-electron chi connectivity index (χ3n) is 1.47. The fourth-order valence-electron chi connectivity index (χ4n) is 0.935. The molecule has 0 aliphatic rings. The Hall–Kier alpha value is -0.990. The zero-order chi connectivity index (χ0) is 11.5. The monoisotopic (exact) mass is 228 g/mol. The van der Waals surface area contributed by atoms with E-state index in [1.54, 1.807) is 0 Å². The first kappa shape index (κ1) is 14.0. The summed E-state index contributed by atoms with van der Waals surface area (Å²) in [6.45, 7) is 8.36. The lowest BCUT2D eigenvalue weighted by molar-refractivity contribution is -0.0605. The summed E-state index contributed by atoms with van der Waals surface area (Å²) in [7, 11) is 0. The van der Waals surface area contributed by atoms with E-state index in [-0.39, 0.29) is 6.29 Å². The average Bonchev–Trinajstić information content (AvgIpc) is 2.30. The van der Waals surface area contributed by atoms with Gasteiger partial charge in [0.2, 0.25) is 0 Å². The Morgan fingerprint density at radius 1 is 1.27 bits per heavy atom. The second kappa shape index (κ2) is 9.56. The summed E-state index contributed by atoms with van der Waals surface area (Å²) in [6.07, 6.45) is -0.249. The van der Waals surface area contributed by atoms with Crippen LogP contribution in [0, 0.1) is 0 Å². The van der Waals surface area contributed by atoms with Crippen molar-refractivity contribution in [3.63, 3.8) is 0 Å². The highest BCUT2D eigenvalue weighted by atomic mass is 35.5. The molecular formula is C12H17ClO2. The first-order valence-corrected chi connectivity index (χ1v) is 5.25. The molecule has 1 atom stereocenters. The molecule has 0 amide bonds. The lowest BCUT2D eigenvalue weighted by Gasteiger charge is -2.14. The number of halogens is 1. The molecule has 2 nitrogen and oxygen atoms in total. The molecule has 3 heteroatoms. The highest BCUT2D eigenvalue weighted by molar-refractivity contribution is 6.17. The zero-order valence-electron chi connectivity index (χ0n) is 8.99. The van der Waals surface area contributed by atoms with Crippen LogP contribution >= 0.6 is 11.6 Å². The van der Waals surface area contributed by atoms with Gasteiger partial charge < -0.3 is 9.47 Å². The maximum absolute atomic E-state index is 5.47. The van der Waals surface area contributed by atoms with Gasteiger partial charge in [-0.25, -0.2) is 0 Å². The molecule has 0 spiro atoms. The van der Waals surface area contributed by atoms with Crippen LogP contribution in [0.15, 0.2) is 43.5 Å². The molecule has 0 fully saturated rings. The van der Waals surface area contributed by atoms with Gasteiger partial charge in [0.05, 0.1) is 6.61 Å². The Kier molecular flexibility index (Phi) is 8.93. The number of rotatable bonds is 5. The van der Waals surface area contributed by atoms with Gasteiger partial charge >= 0.3 is 0 Å². The summed E-state index contributed by atoms with van der Waals surface area (Å²) in [5.41, 5.74) is 0. The van der Waals surface area contributed by atoms with E-state index in [0.29, 0.717) is 12.5 Å². The molecular weight excluding hydrogens is 212 g/mol.